The predicted molar refractivity (Wildman–Crippen MR) is 98.7 cm³/mol. The third-order valence-corrected chi connectivity index (χ3v) is 4.59. The summed E-state index contributed by atoms with van der Waals surface area (Å²) in [5, 5.41) is 19.2. The number of nitrogens with zero attached hydrogens (tertiary/aromatic N) is 4. The minimum Gasteiger partial charge on any atom is -0.370 e. The van der Waals surface area contributed by atoms with Gasteiger partial charge in [0.2, 0.25) is 0 Å². The molecule has 0 unspecified atom stereocenters. The minimum absolute atomic E-state index is 0.0775. The van der Waals surface area contributed by atoms with Crippen LogP contribution in [0.3, 0.4) is 0 Å². The van der Waals surface area contributed by atoms with Gasteiger partial charge in [0.15, 0.2) is 0 Å². The van der Waals surface area contributed by atoms with Gasteiger partial charge in [-0.05, 0) is 43.5 Å². The van der Waals surface area contributed by atoms with Gasteiger partial charge in [0.25, 0.3) is 5.69 Å². The molecule has 0 atom stereocenters. The highest BCUT2D eigenvalue weighted by Crippen LogP contribution is 2.29. The van der Waals surface area contributed by atoms with E-state index in [9.17, 15) is 10.1 Å². The van der Waals surface area contributed by atoms with Gasteiger partial charge in [0.05, 0.1) is 16.3 Å². The number of benzene rings is 1. The number of nitro benzene ring substituents is 1. The van der Waals surface area contributed by atoms with E-state index in [-0.39, 0.29) is 5.69 Å². The zero-order valence-corrected chi connectivity index (χ0v) is 14.3. The van der Waals surface area contributed by atoms with Crippen LogP contribution in [0.15, 0.2) is 48.7 Å². The zero-order chi connectivity index (χ0) is 17.9. The Bertz CT molecular complexity index is 919. The maximum absolute atomic E-state index is 10.9. The van der Waals surface area contributed by atoms with E-state index in [1.165, 1.54) is 17.7 Å². The Balaban J connectivity index is 1.75. The Labute approximate surface area is 150 Å². The largest absolute Gasteiger partial charge is 0.370 e. The van der Waals surface area contributed by atoms with E-state index in [2.05, 4.69) is 10.3 Å². The molecule has 1 aliphatic heterocycles. The molecule has 1 aliphatic rings. The fourth-order valence-electron chi connectivity index (χ4n) is 3.29. The zero-order valence-electron chi connectivity index (χ0n) is 14.3. The molecule has 0 aliphatic carbocycles. The summed E-state index contributed by atoms with van der Waals surface area (Å²) in [4.78, 5) is 14.9. The fourth-order valence-corrected chi connectivity index (χ4v) is 3.29. The van der Waals surface area contributed by atoms with Crippen molar-refractivity contribution in [2.45, 2.75) is 25.7 Å². The second-order valence-electron chi connectivity index (χ2n) is 6.34. The highest BCUT2D eigenvalue weighted by atomic mass is 16.6. The summed E-state index contributed by atoms with van der Waals surface area (Å²) in [5.41, 5.74) is 4.09. The summed E-state index contributed by atoms with van der Waals surface area (Å²) in [6.07, 6.45) is 5.65. The summed E-state index contributed by atoms with van der Waals surface area (Å²) >= 11 is 0. The molecule has 132 valence electrons. The van der Waals surface area contributed by atoms with Crippen LogP contribution in [0.25, 0.3) is 5.69 Å². The normalized spacial score (nSPS) is 13.5. The molecular weight excluding hydrogens is 330 g/mol. The average molecular weight is 349 g/mol. The number of rotatable bonds is 4. The van der Waals surface area contributed by atoms with Crippen LogP contribution >= 0.6 is 0 Å². The molecule has 7 nitrogen and oxygen atoms in total. The Morgan fingerprint density at radius 2 is 2.00 bits per heavy atom. The van der Waals surface area contributed by atoms with E-state index in [1.54, 1.807) is 18.3 Å². The summed E-state index contributed by atoms with van der Waals surface area (Å²) in [7, 11) is 0. The monoisotopic (exact) mass is 349 g/mol. The molecule has 0 fully saturated rings. The molecule has 0 radical (unpaired) electrons. The van der Waals surface area contributed by atoms with E-state index >= 15 is 0 Å². The molecular formula is C19H19N5O2. The molecule has 0 spiro atoms. The lowest BCUT2D eigenvalue weighted by molar-refractivity contribution is -0.384. The maximum Gasteiger partial charge on any atom is 0.269 e. The smallest absolute Gasteiger partial charge is 0.269 e. The van der Waals surface area contributed by atoms with Gasteiger partial charge in [-0.2, -0.15) is 5.10 Å². The highest BCUT2D eigenvalue weighted by molar-refractivity contribution is 5.55. The van der Waals surface area contributed by atoms with E-state index in [0.717, 1.165) is 48.7 Å². The summed E-state index contributed by atoms with van der Waals surface area (Å²) < 4.78 is 1.86. The summed E-state index contributed by atoms with van der Waals surface area (Å²) in [6, 6.07) is 12.4. The molecule has 2 aromatic heterocycles. The van der Waals surface area contributed by atoms with Gasteiger partial charge < -0.3 is 5.32 Å². The fraction of sp³-hybridized carbons (Fsp3) is 0.263. The van der Waals surface area contributed by atoms with Gasteiger partial charge in [-0.25, -0.2) is 4.68 Å². The molecule has 3 heterocycles. The second-order valence-corrected chi connectivity index (χ2v) is 6.34. The van der Waals surface area contributed by atoms with Crippen LogP contribution in [0.1, 0.15) is 29.8 Å². The van der Waals surface area contributed by atoms with Crippen molar-refractivity contribution in [2.24, 2.45) is 0 Å². The van der Waals surface area contributed by atoms with Crippen molar-refractivity contribution in [2.75, 3.05) is 11.9 Å². The van der Waals surface area contributed by atoms with Crippen molar-refractivity contribution in [3.63, 3.8) is 0 Å². The number of non-ortho nitro benzene ring substituents is 1. The molecule has 1 N–H and O–H groups in total. The number of hydrogen-bond acceptors (Lipinski definition) is 5. The van der Waals surface area contributed by atoms with Crippen molar-refractivity contribution >= 4 is 11.5 Å². The van der Waals surface area contributed by atoms with Crippen LogP contribution in [0, 0.1) is 10.1 Å². The predicted octanol–water partition coefficient (Wildman–Crippen LogP) is 3.51. The second kappa shape index (κ2) is 6.95. The number of pyridine rings is 1. The molecule has 4 rings (SSSR count). The van der Waals surface area contributed by atoms with Gasteiger partial charge in [-0.1, -0.05) is 6.07 Å². The first-order valence-electron chi connectivity index (χ1n) is 8.72. The van der Waals surface area contributed by atoms with Gasteiger partial charge in [0, 0.05) is 42.6 Å². The first-order chi connectivity index (χ1) is 12.7. The van der Waals surface area contributed by atoms with Crippen LogP contribution in [-0.4, -0.2) is 26.2 Å². The van der Waals surface area contributed by atoms with Crippen LogP contribution in [0.4, 0.5) is 11.5 Å². The third kappa shape index (κ3) is 3.15. The number of anilines is 1. The van der Waals surface area contributed by atoms with Gasteiger partial charge in [0.1, 0.15) is 5.82 Å². The summed E-state index contributed by atoms with van der Waals surface area (Å²) in [6.45, 7) is 0.898. The lowest BCUT2D eigenvalue weighted by Gasteiger charge is -2.09. The Morgan fingerprint density at radius 3 is 2.73 bits per heavy atom. The summed E-state index contributed by atoms with van der Waals surface area (Å²) in [5.74, 6) is 0.988. The van der Waals surface area contributed by atoms with E-state index in [1.807, 2.05) is 22.9 Å². The lowest BCUT2D eigenvalue weighted by Crippen LogP contribution is -2.07. The van der Waals surface area contributed by atoms with E-state index < -0.39 is 4.92 Å². The van der Waals surface area contributed by atoms with Crippen molar-refractivity contribution in [3.8, 4) is 5.69 Å². The molecule has 0 saturated heterocycles. The lowest BCUT2D eigenvalue weighted by atomic mass is 10.1. The molecule has 7 heteroatoms. The number of fused-ring (bicyclic) bond motifs is 1. The van der Waals surface area contributed by atoms with Crippen molar-refractivity contribution in [1.82, 2.24) is 14.8 Å². The molecule has 3 aromatic rings. The quantitative estimate of drug-likeness (QED) is 0.575. The van der Waals surface area contributed by atoms with Gasteiger partial charge >= 0.3 is 0 Å². The number of aromatic nitrogens is 3. The van der Waals surface area contributed by atoms with E-state index in [0.29, 0.717) is 6.42 Å². The SMILES string of the molecule is O=[N+]([O-])c1ccc(-n2nc(Cc3ccccn3)c3c2NCCCC3)cc1. The Morgan fingerprint density at radius 1 is 1.15 bits per heavy atom. The molecule has 0 saturated carbocycles. The maximum atomic E-state index is 10.9. The molecule has 26 heavy (non-hydrogen) atoms. The van der Waals surface area contributed by atoms with Gasteiger partial charge in [-0.3, -0.25) is 15.1 Å². The standard InChI is InChI=1S/C19H19N5O2/c25-24(26)16-9-7-15(8-10-16)23-19-17(6-2-4-12-21-19)18(22-23)13-14-5-1-3-11-20-14/h1,3,5,7-11,21H,2,4,6,12-13H2. The van der Waals surface area contributed by atoms with Gasteiger partial charge in [-0.15, -0.1) is 0 Å². The highest BCUT2D eigenvalue weighted by Gasteiger charge is 2.21. The molecule has 1 aromatic carbocycles. The first kappa shape index (κ1) is 16.3. The molecule has 0 amide bonds. The molecule has 0 bridgehead atoms. The average Bonchev–Trinajstić information content (AvgIpc) is 2.83. The van der Waals surface area contributed by atoms with Crippen molar-refractivity contribution < 1.29 is 4.92 Å². The first-order valence-corrected chi connectivity index (χ1v) is 8.72. The number of nitro groups is 1. The Hall–Kier alpha value is -3.22. The van der Waals surface area contributed by atoms with Crippen LogP contribution in [-0.2, 0) is 12.8 Å². The van der Waals surface area contributed by atoms with Crippen LogP contribution in [0.2, 0.25) is 0 Å². The third-order valence-electron chi connectivity index (χ3n) is 4.59. The van der Waals surface area contributed by atoms with Crippen LogP contribution in [0.5, 0.6) is 0 Å². The topological polar surface area (TPSA) is 85.9 Å². The number of hydrogen-bond donors (Lipinski definition) is 1. The number of nitrogens with one attached hydrogen (secondary N) is 1. The Kier molecular flexibility index (Phi) is 4.35. The van der Waals surface area contributed by atoms with Crippen LogP contribution < -0.4 is 5.32 Å². The van der Waals surface area contributed by atoms with Crippen molar-refractivity contribution in [1.29, 1.82) is 0 Å². The van der Waals surface area contributed by atoms with Crippen molar-refractivity contribution in [3.05, 3.63) is 75.7 Å². The van der Waals surface area contributed by atoms with E-state index in [4.69, 9.17) is 5.10 Å². The minimum atomic E-state index is -0.391.